The maximum Gasteiger partial charge on any atom is 0.292 e. The molecule has 0 saturated carbocycles. The lowest BCUT2D eigenvalue weighted by molar-refractivity contribution is -0.384. The molecule has 2 saturated heterocycles. The van der Waals surface area contributed by atoms with E-state index in [2.05, 4.69) is 10.6 Å². The highest BCUT2D eigenvalue weighted by atomic mass is 16.6. The molecule has 24 heavy (non-hydrogen) atoms. The number of carbonyl (C=O) groups excluding carboxylic acids is 1. The Balaban J connectivity index is 1.50. The average molecular weight is 332 g/mol. The van der Waals surface area contributed by atoms with E-state index in [4.69, 9.17) is 0 Å². The number of nitrogens with zero attached hydrogens (tertiary/aromatic N) is 2. The smallest absolute Gasteiger partial charge is 0.292 e. The van der Waals surface area contributed by atoms with Crippen molar-refractivity contribution in [2.45, 2.75) is 50.2 Å². The molecule has 2 N–H and O–H groups in total. The van der Waals surface area contributed by atoms with Gasteiger partial charge in [0.1, 0.15) is 5.69 Å². The van der Waals surface area contributed by atoms with E-state index in [0.717, 1.165) is 12.8 Å². The Bertz CT molecular complexity index is 610. The van der Waals surface area contributed by atoms with Gasteiger partial charge in [-0.15, -0.1) is 0 Å². The van der Waals surface area contributed by atoms with Crippen LogP contribution in [0, 0.1) is 10.1 Å². The number of amides is 1. The van der Waals surface area contributed by atoms with Crippen LogP contribution in [-0.4, -0.2) is 47.4 Å². The lowest BCUT2D eigenvalue weighted by Crippen LogP contribution is -2.48. The van der Waals surface area contributed by atoms with Gasteiger partial charge in [-0.1, -0.05) is 12.1 Å². The van der Waals surface area contributed by atoms with Crippen LogP contribution in [0.1, 0.15) is 32.1 Å². The number of nitro benzene ring substituents is 1. The Morgan fingerprint density at radius 1 is 1.33 bits per heavy atom. The third-order valence-electron chi connectivity index (χ3n) is 5.14. The van der Waals surface area contributed by atoms with Gasteiger partial charge < -0.3 is 15.5 Å². The van der Waals surface area contributed by atoms with Crippen molar-refractivity contribution in [1.82, 2.24) is 10.2 Å². The van der Waals surface area contributed by atoms with Crippen molar-refractivity contribution in [1.29, 1.82) is 0 Å². The topological polar surface area (TPSA) is 87.5 Å². The molecule has 2 heterocycles. The van der Waals surface area contributed by atoms with E-state index in [1.54, 1.807) is 18.2 Å². The van der Waals surface area contributed by atoms with Gasteiger partial charge >= 0.3 is 0 Å². The fourth-order valence-corrected chi connectivity index (χ4v) is 3.81. The second-order valence-corrected chi connectivity index (χ2v) is 6.72. The fraction of sp³-hybridized carbons (Fsp3) is 0.588. The number of benzene rings is 1. The van der Waals surface area contributed by atoms with E-state index in [-0.39, 0.29) is 11.6 Å². The normalized spacial score (nSPS) is 25.3. The summed E-state index contributed by atoms with van der Waals surface area (Å²) < 4.78 is 0. The molecule has 0 aromatic heterocycles. The lowest BCUT2D eigenvalue weighted by Gasteiger charge is -2.35. The zero-order valence-electron chi connectivity index (χ0n) is 13.9. The standard InChI is InChI=1S/C17H24N4O3/c1-20(14-10-12-6-7-13(11-14)19-12)17(22)8-9-18-15-4-2-3-5-16(15)21(23)24/h2-5,12-14,18-19H,6-11H2,1H3. The number of rotatable bonds is 6. The van der Waals surface area contributed by atoms with Crippen LogP contribution in [0.15, 0.2) is 24.3 Å². The van der Waals surface area contributed by atoms with Gasteiger partial charge in [-0.25, -0.2) is 0 Å². The molecule has 2 unspecified atom stereocenters. The first kappa shape index (κ1) is 16.7. The molecule has 1 aromatic rings. The Kier molecular flexibility index (Phi) is 4.99. The van der Waals surface area contributed by atoms with Crippen LogP contribution >= 0.6 is 0 Å². The van der Waals surface area contributed by atoms with Crippen molar-refractivity contribution in [3.05, 3.63) is 34.4 Å². The predicted octanol–water partition coefficient (Wildman–Crippen LogP) is 2.14. The summed E-state index contributed by atoms with van der Waals surface area (Å²) >= 11 is 0. The molecule has 2 atom stereocenters. The van der Waals surface area contributed by atoms with Gasteiger partial charge in [0.2, 0.25) is 5.91 Å². The Labute approximate surface area is 141 Å². The third-order valence-corrected chi connectivity index (χ3v) is 5.14. The molecule has 0 spiro atoms. The first-order valence-electron chi connectivity index (χ1n) is 8.53. The summed E-state index contributed by atoms with van der Waals surface area (Å²) in [6.45, 7) is 0.395. The highest BCUT2D eigenvalue weighted by Gasteiger charge is 2.36. The first-order valence-corrected chi connectivity index (χ1v) is 8.53. The molecule has 7 heteroatoms. The largest absolute Gasteiger partial charge is 0.379 e. The Morgan fingerprint density at radius 3 is 2.67 bits per heavy atom. The summed E-state index contributed by atoms with van der Waals surface area (Å²) in [4.78, 5) is 24.9. The summed E-state index contributed by atoms with van der Waals surface area (Å²) in [5.74, 6) is 0.0902. The minimum Gasteiger partial charge on any atom is -0.379 e. The zero-order chi connectivity index (χ0) is 17.1. The molecular formula is C17H24N4O3. The van der Waals surface area contributed by atoms with Crippen molar-refractivity contribution in [2.75, 3.05) is 18.9 Å². The van der Waals surface area contributed by atoms with Gasteiger partial charge in [0, 0.05) is 44.2 Å². The van der Waals surface area contributed by atoms with E-state index in [9.17, 15) is 14.9 Å². The van der Waals surface area contributed by atoms with Crippen molar-refractivity contribution in [3.63, 3.8) is 0 Å². The zero-order valence-corrected chi connectivity index (χ0v) is 13.9. The van der Waals surface area contributed by atoms with Crippen LogP contribution in [0.2, 0.25) is 0 Å². The summed E-state index contributed by atoms with van der Waals surface area (Å²) in [6.07, 6.45) is 4.80. The van der Waals surface area contributed by atoms with Gasteiger partial charge in [-0.2, -0.15) is 0 Å². The highest BCUT2D eigenvalue weighted by molar-refractivity contribution is 5.77. The number of anilines is 1. The first-order chi connectivity index (χ1) is 11.5. The van der Waals surface area contributed by atoms with Crippen molar-refractivity contribution >= 4 is 17.3 Å². The quantitative estimate of drug-likeness (QED) is 0.615. The van der Waals surface area contributed by atoms with Crippen LogP contribution < -0.4 is 10.6 Å². The van der Waals surface area contributed by atoms with E-state index in [1.165, 1.54) is 18.9 Å². The minimum absolute atomic E-state index is 0.0354. The lowest BCUT2D eigenvalue weighted by atomic mass is 9.98. The number of hydrogen-bond acceptors (Lipinski definition) is 5. The van der Waals surface area contributed by atoms with Crippen LogP contribution in [0.3, 0.4) is 0 Å². The van der Waals surface area contributed by atoms with Crippen molar-refractivity contribution < 1.29 is 9.72 Å². The summed E-state index contributed by atoms with van der Waals surface area (Å²) in [7, 11) is 1.88. The molecule has 2 aliphatic heterocycles. The number of piperidine rings is 1. The van der Waals surface area contributed by atoms with Crippen LogP contribution in [0.25, 0.3) is 0 Å². The van der Waals surface area contributed by atoms with Crippen LogP contribution in [-0.2, 0) is 4.79 Å². The molecule has 130 valence electrons. The number of hydrogen-bond donors (Lipinski definition) is 2. The Hall–Kier alpha value is -2.15. The number of carbonyl (C=O) groups is 1. The number of para-hydroxylation sites is 2. The molecule has 1 amide bonds. The third kappa shape index (κ3) is 3.67. The molecular weight excluding hydrogens is 308 g/mol. The van der Waals surface area contributed by atoms with Gasteiger partial charge in [-0.3, -0.25) is 14.9 Å². The summed E-state index contributed by atoms with van der Waals surface area (Å²) in [6, 6.07) is 7.91. The number of fused-ring (bicyclic) bond motifs is 2. The SMILES string of the molecule is CN(C(=O)CCNc1ccccc1[N+](=O)[O-])C1CC2CCC(C1)N2. The minimum atomic E-state index is -0.416. The van der Waals surface area contributed by atoms with Crippen LogP contribution in [0.4, 0.5) is 11.4 Å². The maximum absolute atomic E-state index is 12.4. The van der Waals surface area contributed by atoms with Gasteiger partial charge in [0.05, 0.1) is 4.92 Å². The predicted molar refractivity (Wildman–Crippen MR) is 91.9 cm³/mol. The average Bonchev–Trinajstić information content (AvgIpc) is 2.92. The molecule has 1 aromatic carbocycles. The molecule has 3 rings (SSSR count). The molecule has 7 nitrogen and oxygen atoms in total. The molecule has 2 bridgehead atoms. The molecule has 0 radical (unpaired) electrons. The van der Waals surface area contributed by atoms with E-state index < -0.39 is 4.92 Å². The van der Waals surface area contributed by atoms with Gasteiger partial charge in [0.25, 0.3) is 5.69 Å². The van der Waals surface area contributed by atoms with Crippen molar-refractivity contribution in [2.24, 2.45) is 0 Å². The van der Waals surface area contributed by atoms with Crippen molar-refractivity contribution in [3.8, 4) is 0 Å². The summed E-state index contributed by atoms with van der Waals surface area (Å²) in [5, 5.41) is 17.6. The van der Waals surface area contributed by atoms with Crippen LogP contribution in [0.5, 0.6) is 0 Å². The van der Waals surface area contributed by atoms with E-state index in [0.29, 0.717) is 36.8 Å². The monoisotopic (exact) mass is 332 g/mol. The number of nitro groups is 1. The van der Waals surface area contributed by atoms with E-state index in [1.807, 2.05) is 11.9 Å². The Morgan fingerprint density at radius 2 is 2.00 bits per heavy atom. The number of nitrogens with one attached hydrogen (secondary N) is 2. The fourth-order valence-electron chi connectivity index (χ4n) is 3.81. The molecule has 0 aliphatic carbocycles. The molecule has 2 fully saturated rings. The van der Waals surface area contributed by atoms with Gasteiger partial charge in [-0.05, 0) is 31.7 Å². The van der Waals surface area contributed by atoms with Gasteiger partial charge in [0.15, 0.2) is 0 Å². The highest BCUT2D eigenvalue weighted by Crippen LogP contribution is 2.29. The second-order valence-electron chi connectivity index (χ2n) is 6.72. The van der Waals surface area contributed by atoms with E-state index >= 15 is 0 Å². The maximum atomic E-state index is 12.4. The molecule has 2 aliphatic rings. The second kappa shape index (κ2) is 7.17. The summed E-state index contributed by atoms with van der Waals surface area (Å²) in [5.41, 5.74) is 0.492.